The average molecular weight is 375 g/mol. The topological polar surface area (TPSA) is 84.1 Å². The van der Waals surface area contributed by atoms with E-state index in [2.05, 4.69) is 15.3 Å². The van der Waals surface area contributed by atoms with Crippen molar-refractivity contribution < 1.29 is 9.53 Å². The number of ether oxygens (including phenoxy) is 1. The summed E-state index contributed by atoms with van der Waals surface area (Å²) in [5.74, 6) is 0.914. The monoisotopic (exact) mass is 375 g/mol. The number of nitrogens with one attached hydrogen (secondary N) is 2. The number of hydrogen-bond donors (Lipinski definition) is 2. The van der Waals surface area contributed by atoms with Gasteiger partial charge in [0.15, 0.2) is 5.16 Å². The molecule has 0 bridgehead atoms. The molecule has 0 spiro atoms. The Balaban J connectivity index is 1.50. The minimum Gasteiger partial charge on any atom is -0.496 e. The van der Waals surface area contributed by atoms with Gasteiger partial charge in [0.25, 0.3) is 5.56 Å². The first-order valence-corrected chi connectivity index (χ1v) is 9.53. The number of H-pyrrole nitrogens is 1. The van der Waals surface area contributed by atoms with E-state index in [0.29, 0.717) is 28.3 Å². The summed E-state index contributed by atoms with van der Waals surface area (Å²) in [6.07, 6.45) is 0.691. The van der Waals surface area contributed by atoms with Crippen molar-refractivity contribution in [3.63, 3.8) is 0 Å². The van der Waals surface area contributed by atoms with Gasteiger partial charge in [-0.15, -0.1) is 11.3 Å². The fourth-order valence-electron chi connectivity index (χ4n) is 2.34. The SMILES string of the molecule is COc1ccccc1CCNC(=O)CSc1nc2sccc2c(=O)[nH]1. The molecule has 2 heterocycles. The number of para-hydroxylation sites is 1. The molecule has 3 aromatic rings. The zero-order valence-electron chi connectivity index (χ0n) is 13.6. The Hall–Kier alpha value is -2.32. The van der Waals surface area contributed by atoms with E-state index in [4.69, 9.17) is 4.74 Å². The van der Waals surface area contributed by atoms with Crippen molar-refractivity contribution in [3.8, 4) is 5.75 Å². The smallest absolute Gasteiger partial charge is 0.260 e. The molecule has 2 N–H and O–H groups in total. The van der Waals surface area contributed by atoms with Crippen LogP contribution < -0.4 is 15.6 Å². The lowest BCUT2D eigenvalue weighted by atomic mass is 10.1. The molecule has 0 unspecified atom stereocenters. The molecule has 2 aromatic heterocycles. The van der Waals surface area contributed by atoms with Crippen LogP contribution in [0.15, 0.2) is 45.7 Å². The van der Waals surface area contributed by atoms with Gasteiger partial charge in [-0.25, -0.2) is 4.98 Å². The zero-order chi connectivity index (χ0) is 17.6. The second kappa shape index (κ2) is 8.17. The first-order valence-electron chi connectivity index (χ1n) is 7.66. The van der Waals surface area contributed by atoms with Crippen LogP contribution in [0, 0.1) is 0 Å². The molecule has 3 rings (SSSR count). The quantitative estimate of drug-likeness (QED) is 0.489. The normalized spacial score (nSPS) is 10.8. The number of methoxy groups -OCH3 is 1. The van der Waals surface area contributed by atoms with Crippen molar-refractivity contribution in [1.29, 1.82) is 0 Å². The number of carbonyl (C=O) groups excluding carboxylic acids is 1. The minimum atomic E-state index is -0.176. The summed E-state index contributed by atoms with van der Waals surface area (Å²) in [4.78, 5) is 31.6. The number of rotatable bonds is 7. The maximum Gasteiger partial charge on any atom is 0.260 e. The van der Waals surface area contributed by atoms with Crippen molar-refractivity contribution in [1.82, 2.24) is 15.3 Å². The molecule has 0 aliphatic rings. The molecule has 0 saturated carbocycles. The fourth-order valence-corrected chi connectivity index (χ4v) is 3.86. The number of nitrogens with zero attached hydrogens (tertiary/aromatic N) is 1. The van der Waals surface area contributed by atoms with Gasteiger partial charge in [-0.2, -0.15) is 0 Å². The Kier molecular flexibility index (Phi) is 5.72. The van der Waals surface area contributed by atoms with E-state index in [1.54, 1.807) is 13.2 Å². The van der Waals surface area contributed by atoms with Crippen molar-refractivity contribution >= 4 is 39.2 Å². The van der Waals surface area contributed by atoms with E-state index in [1.807, 2.05) is 29.6 Å². The number of thioether (sulfide) groups is 1. The number of fused-ring (bicyclic) bond motifs is 1. The number of amides is 1. The number of carbonyl (C=O) groups is 1. The van der Waals surface area contributed by atoms with Crippen LogP contribution in [0.3, 0.4) is 0 Å². The van der Waals surface area contributed by atoms with Crippen LogP contribution in [0.25, 0.3) is 10.2 Å². The van der Waals surface area contributed by atoms with Crippen LogP contribution in [0.1, 0.15) is 5.56 Å². The van der Waals surface area contributed by atoms with Gasteiger partial charge in [-0.3, -0.25) is 9.59 Å². The standard InChI is InChI=1S/C17H17N3O3S2/c1-23-13-5-3-2-4-11(13)6-8-18-14(21)10-25-17-19-15(22)12-7-9-24-16(12)20-17/h2-5,7,9H,6,8,10H2,1H3,(H,18,21)(H,19,20,22). The molecule has 0 radical (unpaired) electrons. The second-order valence-corrected chi connectivity index (χ2v) is 7.07. The Morgan fingerprint density at radius 1 is 1.36 bits per heavy atom. The maximum atomic E-state index is 12.0. The largest absolute Gasteiger partial charge is 0.496 e. The summed E-state index contributed by atoms with van der Waals surface area (Å²) in [5.41, 5.74) is 0.873. The van der Waals surface area contributed by atoms with Gasteiger partial charge in [0, 0.05) is 6.54 Å². The van der Waals surface area contributed by atoms with E-state index in [-0.39, 0.29) is 17.2 Å². The van der Waals surface area contributed by atoms with E-state index < -0.39 is 0 Å². The van der Waals surface area contributed by atoms with E-state index >= 15 is 0 Å². The molecule has 0 saturated heterocycles. The molecule has 6 nitrogen and oxygen atoms in total. The molecule has 0 fully saturated rings. The summed E-state index contributed by atoms with van der Waals surface area (Å²) >= 11 is 2.63. The second-order valence-electron chi connectivity index (χ2n) is 5.21. The number of thiophene rings is 1. The lowest BCUT2D eigenvalue weighted by Crippen LogP contribution is -2.27. The molecule has 25 heavy (non-hydrogen) atoms. The zero-order valence-corrected chi connectivity index (χ0v) is 15.2. The average Bonchev–Trinajstić information content (AvgIpc) is 3.09. The first-order chi connectivity index (χ1) is 12.2. The Labute approximate surface area is 152 Å². The minimum absolute atomic E-state index is 0.103. The lowest BCUT2D eigenvalue weighted by molar-refractivity contribution is -0.118. The molecule has 8 heteroatoms. The van der Waals surface area contributed by atoms with E-state index in [9.17, 15) is 9.59 Å². The highest BCUT2D eigenvalue weighted by atomic mass is 32.2. The van der Waals surface area contributed by atoms with Crippen molar-refractivity contribution in [2.75, 3.05) is 19.4 Å². The van der Waals surface area contributed by atoms with Crippen molar-refractivity contribution in [2.24, 2.45) is 0 Å². The van der Waals surface area contributed by atoms with Gasteiger partial charge in [0.1, 0.15) is 10.6 Å². The van der Waals surface area contributed by atoms with Gasteiger partial charge in [0.05, 0.1) is 18.2 Å². The summed E-state index contributed by atoms with van der Waals surface area (Å²) in [6, 6.07) is 9.47. The van der Waals surface area contributed by atoms with Crippen LogP contribution >= 0.6 is 23.1 Å². The van der Waals surface area contributed by atoms with Gasteiger partial charge in [-0.05, 0) is 29.5 Å². The van der Waals surface area contributed by atoms with Gasteiger partial charge in [-0.1, -0.05) is 30.0 Å². The van der Waals surface area contributed by atoms with Gasteiger partial charge >= 0.3 is 0 Å². The van der Waals surface area contributed by atoms with Crippen LogP contribution in [-0.4, -0.2) is 35.3 Å². The summed E-state index contributed by atoms with van der Waals surface area (Å²) in [5, 5.41) is 5.73. The summed E-state index contributed by atoms with van der Waals surface area (Å²) in [7, 11) is 1.63. The third-order valence-corrected chi connectivity index (χ3v) is 5.24. The highest BCUT2D eigenvalue weighted by Crippen LogP contribution is 2.19. The predicted molar refractivity (Wildman–Crippen MR) is 101 cm³/mol. The van der Waals surface area contributed by atoms with Crippen LogP contribution in [0.5, 0.6) is 5.75 Å². The molecule has 0 aliphatic heterocycles. The summed E-state index contributed by atoms with van der Waals surface area (Å²) < 4.78 is 5.29. The molecule has 1 aromatic carbocycles. The number of benzene rings is 1. The third-order valence-electron chi connectivity index (χ3n) is 3.56. The number of aromatic amines is 1. The third kappa shape index (κ3) is 4.40. The predicted octanol–water partition coefficient (Wildman–Crippen LogP) is 2.44. The highest BCUT2D eigenvalue weighted by molar-refractivity contribution is 7.99. The maximum absolute atomic E-state index is 12.0. The first kappa shape index (κ1) is 17.5. The Morgan fingerprint density at radius 2 is 2.20 bits per heavy atom. The molecule has 130 valence electrons. The molecule has 1 amide bonds. The summed E-state index contributed by atoms with van der Waals surface area (Å²) in [6.45, 7) is 0.522. The van der Waals surface area contributed by atoms with Crippen LogP contribution in [-0.2, 0) is 11.2 Å². The number of hydrogen-bond acceptors (Lipinski definition) is 6. The Morgan fingerprint density at radius 3 is 3.04 bits per heavy atom. The van der Waals surface area contributed by atoms with Crippen LogP contribution in [0.2, 0.25) is 0 Å². The molecule has 0 atom stereocenters. The molecular weight excluding hydrogens is 358 g/mol. The van der Waals surface area contributed by atoms with Crippen LogP contribution in [0.4, 0.5) is 0 Å². The Bertz CT molecular complexity index is 936. The lowest BCUT2D eigenvalue weighted by Gasteiger charge is -2.09. The van der Waals surface area contributed by atoms with E-state index in [0.717, 1.165) is 11.3 Å². The van der Waals surface area contributed by atoms with Crippen molar-refractivity contribution in [2.45, 2.75) is 11.6 Å². The highest BCUT2D eigenvalue weighted by Gasteiger charge is 2.08. The molecule has 0 aliphatic carbocycles. The van der Waals surface area contributed by atoms with Gasteiger partial charge in [0.2, 0.25) is 5.91 Å². The van der Waals surface area contributed by atoms with Crippen molar-refractivity contribution in [3.05, 3.63) is 51.6 Å². The van der Waals surface area contributed by atoms with E-state index in [1.165, 1.54) is 23.1 Å². The van der Waals surface area contributed by atoms with Gasteiger partial charge < -0.3 is 15.0 Å². The number of aromatic nitrogens is 2. The fraction of sp³-hybridized carbons (Fsp3) is 0.235. The molecular formula is C17H17N3O3S2.